The van der Waals surface area contributed by atoms with Gasteiger partial charge in [-0.15, -0.1) is 10.2 Å². The van der Waals surface area contributed by atoms with E-state index in [0.29, 0.717) is 21.9 Å². The van der Waals surface area contributed by atoms with E-state index >= 15 is 0 Å². The number of hydrazine groups is 1. The number of amides is 2. The molecule has 1 aromatic heterocycles. The highest BCUT2D eigenvalue weighted by molar-refractivity contribution is 7.99. The number of rotatable bonds is 6. The lowest BCUT2D eigenvalue weighted by molar-refractivity contribution is -0.119. The molecule has 0 spiro atoms. The molecule has 0 aliphatic heterocycles. The third-order valence-corrected chi connectivity index (χ3v) is 4.53. The average molecular weight is 419 g/mol. The van der Waals surface area contributed by atoms with Crippen LogP contribution in [0, 0.1) is 0 Å². The fourth-order valence-electron chi connectivity index (χ4n) is 2.18. The van der Waals surface area contributed by atoms with Crippen LogP contribution in [-0.4, -0.2) is 34.9 Å². The van der Waals surface area contributed by atoms with Gasteiger partial charge in [-0.25, -0.2) is 0 Å². The van der Waals surface area contributed by atoms with Crippen molar-refractivity contribution in [3.05, 3.63) is 59.1 Å². The minimum Gasteiger partial charge on any atom is -0.496 e. The second-order valence-corrected chi connectivity index (χ2v) is 6.74. The first-order chi connectivity index (χ1) is 13.6. The van der Waals surface area contributed by atoms with E-state index in [2.05, 4.69) is 21.0 Å². The van der Waals surface area contributed by atoms with Crippen LogP contribution in [0.3, 0.4) is 0 Å². The highest BCUT2D eigenvalue weighted by Gasteiger charge is 2.15. The number of hydrogen-bond donors (Lipinski definition) is 2. The summed E-state index contributed by atoms with van der Waals surface area (Å²) in [5.41, 5.74) is 5.65. The Labute approximate surface area is 169 Å². The molecule has 3 rings (SSSR count). The molecule has 0 unspecified atom stereocenters. The molecule has 0 bridgehead atoms. The van der Waals surface area contributed by atoms with Crippen LogP contribution in [0.2, 0.25) is 5.02 Å². The Morgan fingerprint density at radius 3 is 2.68 bits per heavy atom. The Kier molecular flexibility index (Phi) is 6.51. The Morgan fingerprint density at radius 1 is 1.14 bits per heavy atom. The summed E-state index contributed by atoms with van der Waals surface area (Å²) in [5.74, 6) is -0.101. The number of carbonyl (C=O) groups is 2. The first-order valence-corrected chi connectivity index (χ1v) is 9.37. The van der Waals surface area contributed by atoms with Crippen molar-refractivity contribution in [2.75, 3.05) is 12.9 Å². The summed E-state index contributed by atoms with van der Waals surface area (Å²) in [5, 5.41) is 8.54. The van der Waals surface area contributed by atoms with Crippen molar-refractivity contribution in [2.45, 2.75) is 5.22 Å². The fraction of sp³-hybridized carbons (Fsp3) is 0.111. The molecule has 28 heavy (non-hydrogen) atoms. The predicted octanol–water partition coefficient (Wildman–Crippen LogP) is 2.95. The quantitative estimate of drug-likeness (QED) is 0.468. The number of ether oxygens (including phenoxy) is 1. The van der Waals surface area contributed by atoms with E-state index in [1.165, 1.54) is 7.11 Å². The number of nitrogens with one attached hydrogen (secondary N) is 2. The van der Waals surface area contributed by atoms with Crippen molar-refractivity contribution < 1.29 is 18.7 Å². The summed E-state index contributed by atoms with van der Waals surface area (Å²) in [6.45, 7) is 0. The number of nitrogens with zero attached hydrogens (tertiary/aromatic N) is 2. The zero-order chi connectivity index (χ0) is 19.9. The molecule has 2 aromatic carbocycles. The Balaban J connectivity index is 1.54. The van der Waals surface area contributed by atoms with E-state index in [9.17, 15) is 9.59 Å². The van der Waals surface area contributed by atoms with E-state index in [0.717, 1.165) is 11.8 Å². The van der Waals surface area contributed by atoms with E-state index in [4.69, 9.17) is 20.8 Å². The van der Waals surface area contributed by atoms with Gasteiger partial charge in [-0.1, -0.05) is 41.6 Å². The summed E-state index contributed by atoms with van der Waals surface area (Å²) >= 11 is 7.03. The third-order valence-electron chi connectivity index (χ3n) is 3.48. The van der Waals surface area contributed by atoms with Gasteiger partial charge < -0.3 is 9.15 Å². The summed E-state index contributed by atoms with van der Waals surface area (Å²) in [6.07, 6.45) is 0. The van der Waals surface area contributed by atoms with Crippen molar-refractivity contribution in [2.24, 2.45) is 0 Å². The van der Waals surface area contributed by atoms with Crippen LogP contribution in [0.25, 0.3) is 11.5 Å². The summed E-state index contributed by atoms with van der Waals surface area (Å²) < 4.78 is 10.8. The van der Waals surface area contributed by atoms with E-state index in [-0.39, 0.29) is 16.9 Å². The van der Waals surface area contributed by atoms with Gasteiger partial charge >= 0.3 is 0 Å². The highest BCUT2D eigenvalue weighted by Crippen LogP contribution is 2.32. The molecular weight excluding hydrogens is 404 g/mol. The maximum Gasteiger partial charge on any atom is 0.277 e. The monoisotopic (exact) mass is 418 g/mol. The lowest BCUT2D eigenvalue weighted by atomic mass is 10.2. The minimum atomic E-state index is -0.422. The first-order valence-electron chi connectivity index (χ1n) is 8.01. The Morgan fingerprint density at radius 2 is 1.93 bits per heavy atom. The van der Waals surface area contributed by atoms with Crippen molar-refractivity contribution in [3.8, 4) is 17.2 Å². The van der Waals surface area contributed by atoms with Crippen molar-refractivity contribution in [1.29, 1.82) is 0 Å². The van der Waals surface area contributed by atoms with Gasteiger partial charge in [0.15, 0.2) is 0 Å². The molecule has 0 aliphatic carbocycles. The van der Waals surface area contributed by atoms with Gasteiger partial charge in [0.05, 0.1) is 18.4 Å². The molecule has 0 atom stereocenters. The lowest BCUT2D eigenvalue weighted by Crippen LogP contribution is -2.42. The van der Waals surface area contributed by atoms with Crippen LogP contribution >= 0.6 is 23.4 Å². The van der Waals surface area contributed by atoms with Crippen LogP contribution in [0.1, 0.15) is 10.4 Å². The van der Waals surface area contributed by atoms with Crippen LogP contribution in [0.4, 0.5) is 0 Å². The van der Waals surface area contributed by atoms with Gasteiger partial charge in [-0.2, -0.15) is 0 Å². The average Bonchev–Trinajstić information content (AvgIpc) is 3.20. The zero-order valence-electron chi connectivity index (χ0n) is 14.6. The topological polar surface area (TPSA) is 106 Å². The minimum absolute atomic E-state index is 0.0244. The molecule has 0 saturated carbocycles. The molecule has 144 valence electrons. The maximum atomic E-state index is 11.9. The number of carbonyl (C=O) groups excluding carboxylic acids is 2. The fourth-order valence-corrected chi connectivity index (χ4v) is 2.91. The number of thioether (sulfide) groups is 1. The molecule has 2 N–H and O–H groups in total. The first kappa shape index (κ1) is 19.7. The zero-order valence-corrected chi connectivity index (χ0v) is 16.2. The number of halogens is 1. The van der Waals surface area contributed by atoms with Gasteiger partial charge in [-0.05, 0) is 30.3 Å². The maximum absolute atomic E-state index is 11.9. The molecular formula is C18H15ClN4O4S. The van der Waals surface area contributed by atoms with E-state index in [1.807, 2.05) is 0 Å². The second kappa shape index (κ2) is 9.25. The van der Waals surface area contributed by atoms with Gasteiger partial charge in [0, 0.05) is 10.6 Å². The summed E-state index contributed by atoms with van der Waals surface area (Å²) in [4.78, 5) is 23.8. The van der Waals surface area contributed by atoms with E-state index < -0.39 is 11.8 Å². The molecule has 0 radical (unpaired) electrons. The Hall–Kier alpha value is -3.04. The molecule has 1 heterocycles. The standard InChI is InChI=1S/C18H15ClN4O4S/c1-26-14-8-7-12(19)9-13(14)17-22-23-18(27-17)28-10-15(24)20-21-16(25)11-5-3-2-4-6-11/h2-9H,10H2,1H3,(H,20,24)(H,21,25). The predicted molar refractivity (Wildman–Crippen MR) is 104 cm³/mol. The molecule has 3 aromatic rings. The largest absolute Gasteiger partial charge is 0.496 e. The normalized spacial score (nSPS) is 10.4. The molecule has 0 saturated heterocycles. The molecule has 2 amide bonds. The lowest BCUT2D eigenvalue weighted by Gasteiger charge is -2.06. The van der Waals surface area contributed by atoms with Crippen molar-refractivity contribution in [3.63, 3.8) is 0 Å². The number of aromatic nitrogens is 2. The van der Waals surface area contributed by atoms with Gasteiger partial charge in [0.25, 0.3) is 17.0 Å². The van der Waals surface area contributed by atoms with Crippen LogP contribution < -0.4 is 15.6 Å². The SMILES string of the molecule is COc1ccc(Cl)cc1-c1nnc(SCC(=O)NNC(=O)c2ccccc2)o1. The van der Waals surface area contributed by atoms with Crippen LogP contribution in [-0.2, 0) is 4.79 Å². The number of methoxy groups -OCH3 is 1. The summed E-state index contributed by atoms with van der Waals surface area (Å²) in [6, 6.07) is 13.6. The van der Waals surface area contributed by atoms with Crippen LogP contribution in [0.5, 0.6) is 5.75 Å². The van der Waals surface area contributed by atoms with Gasteiger partial charge in [-0.3, -0.25) is 20.4 Å². The second-order valence-electron chi connectivity index (χ2n) is 5.37. The van der Waals surface area contributed by atoms with Crippen molar-refractivity contribution >= 4 is 35.2 Å². The smallest absolute Gasteiger partial charge is 0.277 e. The van der Waals surface area contributed by atoms with Gasteiger partial charge in [0.2, 0.25) is 5.91 Å². The van der Waals surface area contributed by atoms with Gasteiger partial charge in [0.1, 0.15) is 5.75 Å². The third kappa shape index (κ3) is 5.02. The molecule has 10 heteroatoms. The molecule has 0 fully saturated rings. The molecule has 0 aliphatic rings. The van der Waals surface area contributed by atoms with Crippen molar-refractivity contribution in [1.82, 2.24) is 21.0 Å². The van der Waals surface area contributed by atoms with E-state index in [1.54, 1.807) is 48.5 Å². The highest BCUT2D eigenvalue weighted by atomic mass is 35.5. The molecule has 8 nitrogen and oxygen atoms in total. The number of hydrogen-bond acceptors (Lipinski definition) is 7. The summed E-state index contributed by atoms with van der Waals surface area (Å²) in [7, 11) is 1.52. The van der Waals surface area contributed by atoms with Crippen LogP contribution in [0.15, 0.2) is 58.2 Å². The Bertz CT molecular complexity index is 981. The number of benzene rings is 2.